The van der Waals surface area contributed by atoms with E-state index in [9.17, 15) is 4.79 Å². The molecule has 0 radical (unpaired) electrons. The SMILES string of the molecule is CC1(C)[C@@H](Cn2nccn2)CC[C@@]1(C)NC(=O)O. The van der Waals surface area contributed by atoms with E-state index in [0.29, 0.717) is 5.92 Å². The number of hydrogen-bond donors (Lipinski definition) is 2. The predicted molar refractivity (Wildman–Crippen MR) is 66.1 cm³/mol. The van der Waals surface area contributed by atoms with E-state index < -0.39 is 11.6 Å². The van der Waals surface area contributed by atoms with Gasteiger partial charge in [-0.15, -0.1) is 0 Å². The van der Waals surface area contributed by atoms with Gasteiger partial charge in [0.25, 0.3) is 0 Å². The van der Waals surface area contributed by atoms with Crippen LogP contribution >= 0.6 is 0 Å². The van der Waals surface area contributed by atoms with E-state index in [2.05, 4.69) is 29.4 Å². The summed E-state index contributed by atoms with van der Waals surface area (Å²) in [5, 5.41) is 19.9. The smallest absolute Gasteiger partial charge is 0.405 e. The van der Waals surface area contributed by atoms with Crippen LogP contribution in [0.1, 0.15) is 33.6 Å². The van der Waals surface area contributed by atoms with E-state index in [1.54, 1.807) is 17.2 Å². The van der Waals surface area contributed by atoms with Gasteiger partial charge in [-0.1, -0.05) is 13.8 Å². The van der Waals surface area contributed by atoms with E-state index in [4.69, 9.17) is 5.11 Å². The molecule has 0 spiro atoms. The molecule has 2 N–H and O–H groups in total. The van der Waals surface area contributed by atoms with E-state index in [-0.39, 0.29) is 5.41 Å². The number of carbonyl (C=O) groups is 1. The molecule has 1 aliphatic carbocycles. The Morgan fingerprint density at radius 2 is 2.06 bits per heavy atom. The predicted octanol–water partition coefficient (Wildman–Crippen LogP) is 1.74. The molecule has 18 heavy (non-hydrogen) atoms. The number of amides is 1. The van der Waals surface area contributed by atoms with Crippen LogP contribution < -0.4 is 5.32 Å². The van der Waals surface area contributed by atoms with Crippen LogP contribution in [0, 0.1) is 11.3 Å². The van der Waals surface area contributed by atoms with Crippen molar-refractivity contribution in [1.82, 2.24) is 20.3 Å². The summed E-state index contributed by atoms with van der Waals surface area (Å²) in [6.07, 6.45) is 4.19. The molecule has 2 atom stereocenters. The van der Waals surface area contributed by atoms with Gasteiger partial charge in [0.1, 0.15) is 0 Å². The first-order chi connectivity index (χ1) is 8.35. The summed E-state index contributed by atoms with van der Waals surface area (Å²) in [6, 6.07) is 0. The van der Waals surface area contributed by atoms with E-state index in [1.165, 1.54) is 0 Å². The van der Waals surface area contributed by atoms with Crippen molar-refractivity contribution in [1.29, 1.82) is 0 Å². The molecule has 2 rings (SSSR count). The summed E-state index contributed by atoms with van der Waals surface area (Å²) < 4.78 is 0. The van der Waals surface area contributed by atoms with Gasteiger partial charge >= 0.3 is 6.09 Å². The second-order valence-corrected chi connectivity index (χ2v) is 5.80. The Morgan fingerprint density at radius 1 is 1.44 bits per heavy atom. The largest absolute Gasteiger partial charge is 0.465 e. The molecule has 0 aliphatic heterocycles. The van der Waals surface area contributed by atoms with E-state index >= 15 is 0 Å². The molecule has 1 aliphatic rings. The summed E-state index contributed by atoms with van der Waals surface area (Å²) in [7, 11) is 0. The summed E-state index contributed by atoms with van der Waals surface area (Å²) in [5.74, 6) is 0.363. The highest BCUT2D eigenvalue weighted by Crippen LogP contribution is 2.50. The zero-order valence-electron chi connectivity index (χ0n) is 11.1. The topological polar surface area (TPSA) is 80.0 Å². The van der Waals surface area contributed by atoms with Gasteiger partial charge in [-0.25, -0.2) is 4.79 Å². The lowest BCUT2D eigenvalue weighted by molar-refractivity contribution is 0.104. The molecule has 1 heterocycles. The fourth-order valence-electron chi connectivity index (χ4n) is 2.91. The second kappa shape index (κ2) is 4.26. The number of nitrogens with zero attached hydrogens (tertiary/aromatic N) is 3. The van der Waals surface area contributed by atoms with Crippen LogP contribution in [0.4, 0.5) is 4.79 Å². The molecule has 6 heteroatoms. The molecular weight excluding hydrogens is 232 g/mol. The van der Waals surface area contributed by atoms with Crippen molar-refractivity contribution in [3.05, 3.63) is 12.4 Å². The Kier molecular flexibility index (Phi) is 3.04. The first-order valence-corrected chi connectivity index (χ1v) is 6.20. The van der Waals surface area contributed by atoms with Crippen molar-refractivity contribution in [3.8, 4) is 0 Å². The first-order valence-electron chi connectivity index (χ1n) is 6.20. The Balaban J connectivity index is 2.14. The third-order valence-electron chi connectivity index (χ3n) is 4.67. The first kappa shape index (κ1) is 12.9. The van der Waals surface area contributed by atoms with Gasteiger partial charge in [-0.2, -0.15) is 15.0 Å². The van der Waals surface area contributed by atoms with Crippen LogP contribution in [0.15, 0.2) is 12.4 Å². The van der Waals surface area contributed by atoms with Crippen molar-refractivity contribution in [3.63, 3.8) is 0 Å². The minimum absolute atomic E-state index is 0.126. The van der Waals surface area contributed by atoms with Crippen LogP contribution in [0.5, 0.6) is 0 Å². The Labute approximate surface area is 106 Å². The average Bonchev–Trinajstić information content (AvgIpc) is 2.81. The molecule has 1 saturated carbocycles. The number of rotatable bonds is 3. The Morgan fingerprint density at radius 3 is 2.61 bits per heavy atom. The fraction of sp³-hybridized carbons (Fsp3) is 0.750. The Bertz CT molecular complexity index is 429. The summed E-state index contributed by atoms with van der Waals surface area (Å²) in [4.78, 5) is 12.6. The van der Waals surface area contributed by atoms with Crippen LogP contribution in [0.3, 0.4) is 0 Å². The number of nitrogens with one attached hydrogen (secondary N) is 1. The molecule has 0 aromatic carbocycles. The summed E-state index contributed by atoms with van der Waals surface area (Å²) in [6.45, 7) is 6.95. The monoisotopic (exact) mass is 252 g/mol. The summed E-state index contributed by atoms with van der Waals surface area (Å²) >= 11 is 0. The van der Waals surface area contributed by atoms with Gasteiger partial charge in [0.2, 0.25) is 0 Å². The summed E-state index contributed by atoms with van der Waals surface area (Å²) in [5.41, 5.74) is -0.518. The maximum absolute atomic E-state index is 10.9. The number of carboxylic acid groups (broad SMARTS) is 1. The van der Waals surface area contributed by atoms with Crippen LogP contribution in [-0.2, 0) is 6.54 Å². The van der Waals surface area contributed by atoms with E-state index in [0.717, 1.165) is 19.4 Å². The molecule has 1 aromatic heterocycles. The quantitative estimate of drug-likeness (QED) is 0.858. The van der Waals surface area contributed by atoms with Gasteiger partial charge < -0.3 is 10.4 Å². The molecule has 0 saturated heterocycles. The highest BCUT2D eigenvalue weighted by atomic mass is 16.4. The molecule has 1 amide bonds. The molecule has 100 valence electrons. The van der Waals surface area contributed by atoms with Crippen LogP contribution in [0.25, 0.3) is 0 Å². The van der Waals surface area contributed by atoms with Gasteiger partial charge in [0.15, 0.2) is 0 Å². The molecule has 6 nitrogen and oxygen atoms in total. The van der Waals surface area contributed by atoms with E-state index in [1.807, 2.05) is 6.92 Å². The Hall–Kier alpha value is -1.59. The average molecular weight is 252 g/mol. The molecule has 1 fully saturated rings. The van der Waals surface area contributed by atoms with Crippen molar-refractivity contribution in [2.45, 2.75) is 45.7 Å². The van der Waals surface area contributed by atoms with Crippen molar-refractivity contribution >= 4 is 6.09 Å². The lowest BCUT2D eigenvalue weighted by Gasteiger charge is -2.41. The van der Waals surface area contributed by atoms with Gasteiger partial charge in [-0.3, -0.25) is 0 Å². The minimum Gasteiger partial charge on any atom is -0.465 e. The lowest BCUT2D eigenvalue weighted by atomic mass is 9.71. The minimum atomic E-state index is -0.955. The zero-order chi connectivity index (χ0) is 13.4. The molecule has 1 aromatic rings. The number of hydrogen-bond acceptors (Lipinski definition) is 3. The standard InChI is InChI=1S/C12H20N4O2/c1-11(2)9(8-16-13-6-7-14-16)4-5-12(11,3)15-10(17)18/h6-7,9,15H,4-5,8H2,1-3H3,(H,17,18)/t9-,12-/m1/s1. The van der Waals surface area contributed by atoms with Gasteiger partial charge in [0, 0.05) is 5.54 Å². The van der Waals surface area contributed by atoms with Crippen molar-refractivity contribution in [2.75, 3.05) is 0 Å². The second-order valence-electron chi connectivity index (χ2n) is 5.80. The molecule has 0 bridgehead atoms. The molecule has 0 unspecified atom stereocenters. The number of aromatic nitrogens is 3. The zero-order valence-corrected chi connectivity index (χ0v) is 11.1. The normalized spacial score (nSPS) is 30.3. The van der Waals surface area contributed by atoms with Crippen LogP contribution in [0.2, 0.25) is 0 Å². The highest BCUT2D eigenvalue weighted by Gasteiger charge is 2.52. The maximum atomic E-state index is 10.9. The fourth-order valence-corrected chi connectivity index (χ4v) is 2.91. The third kappa shape index (κ3) is 2.07. The van der Waals surface area contributed by atoms with Gasteiger partial charge in [0.05, 0.1) is 18.9 Å². The third-order valence-corrected chi connectivity index (χ3v) is 4.67. The maximum Gasteiger partial charge on any atom is 0.405 e. The van der Waals surface area contributed by atoms with Crippen molar-refractivity contribution in [2.24, 2.45) is 11.3 Å². The lowest BCUT2D eigenvalue weighted by Crippen LogP contribution is -2.54. The highest BCUT2D eigenvalue weighted by molar-refractivity contribution is 5.65. The van der Waals surface area contributed by atoms with Gasteiger partial charge in [-0.05, 0) is 31.1 Å². The van der Waals surface area contributed by atoms with Crippen LogP contribution in [-0.4, -0.2) is 31.7 Å². The molecular formula is C12H20N4O2. The van der Waals surface area contributed by atoms with Crippen molar-refractivity contribution < 1.29 is 9.90 Å².